The van der Waals surface area contributed by atoms with E-state index in [-0.39, 0.29) is 18.2 Å². The van der Waals surface area contributed by atoms with Crippen molar-refractivity contribution in [1.29, 1.82) is 0 Å². The zero-order chi connectivity index (χ0) is 33.0. The number of rotatable bonds is 15. The summed E-state index contributed by atoms with van der Waals surface area (Å²) in [6, 6.07) is 0. The summed E-state index contributed by atoms with van der Waals surface area (Å²) in [5, 5.41) is 74.5. The first-order chi connectivity index (χ1) is 20.6. The zero-order valence-electron chi connectivity index (χ0n) is 23.7. The Morgan fingerprint density at radius 1 is 1.32 bits per heavy atom. The van der Waals surface area contributed by atoms with Gasteiger partial charge in [-0.05, 0) is 12.6 Å². The maximum Gasteiger partial charge on any atom is 0.475 e. The Kier molecular flexibility index (Phi) is 12.2. The van der Waals surface area contributed by atoms with Gasteiger partial charge < -0.3 is 66.1 Å². The topological polar surface area (TPSA) is 304 Å². The summed E-state index contributed by atoms with van der Waals surface area (Å²) in [4.78, 5) is 40.4. The molecule has 0 spiro atoms. The number of hydrogen-bond donors (Lipinski definition) is 10. The van der Waals surface area contributed by atoms with E-state index in [1.165, 1.54) is 17.2 Å². The summed E-state index contributed by atoms with van der Waals surface area (Å²) < 4.78 is 33.7. The predicted molar refractivity (Wildman–Crippen MR) is 146 cm³/mol. The second-order valence-electron chi connectivity index (χ2n) is 10.4. The Labute approximate surface area is 251 Å². The molecule has 11 N–H and O–H groups in total. The number of likely N-dealkylation sites (N-methyl/N-ethyl adjacent to an activating group) is 1. The van der Waals surface area contributed by atoms with Crippen molar-refractivity contribution in [3.63, 3.8) is 0 Å². The maximum absolute atomic E-state index is 13.0. The molecule has 20 heteroatoms. The van der Waals surface area contributed by atoms with Gasteiger partial charge >= 0.3 is 13.8 Å². The van der Waals surface area contributed by atoms with Crippen LogP contribution in [0.4, 0.5) is 0 Å². The molecule has 44 heavy (non-hydrogen) atoms. The van der Waals surface area contributed by atoms with Crippen molar-refractivity contribution < 1.29 is 73.3 Å². The average Bonchev–Trinajstić information content (AvgIpc) is 3.23. The van der Waals surface area contributed by atoms with Crippen LogP contribution in [0.5, 0.6) is 0 Å². The second kappa shape index (κ2) is 14.8. The standard InChI is InChI=1S/C24H39N4O15P/c1-3-26-8-12(30)6-13-14(31)7-24(23(36)37,42-21(13)18(33)15(32)9-29)43-44(38,39)40-10-16-19(34)20(35)22(41-16)28-5-4-17(25)27-11(28)2/h4-5,13-16,18-22,26,29,31-35H,2-3,6-10H2,1H3,(H2,25,27)(H,36,37)(H,38,39)/t13?,14?,15-,16-,18?,19+,20?,21?,22-,24?/m1/s1. The fraction of sp³-hybridized carbons (Fsp3) is 0.708. The number of carbonyl (C=O) groups is 2. The minimum absolute atomic E-state index is 0.0556. The van der Waals surface area contributed by atoms with Crippen molar-refractivity contribution in [3.05, 3.63) is 24.7 Å². The van der Waals surface area contributed by atoms with E-state index in [2.05, 4.69) is 16.9 Å². The first-order valence-corrected chi connectivity index (χ1v) is 15.0. The van der Waals surface area contributed by atoms with Gasteiger partial charge in [0, 0.05) is 25.0 Å². The molecular formula is C24H39N4O15P. The first-order valence-electron chi connectivity index (χ1n) is 13.5. The SMILES string of the molecule is C=C1N=C(N)C=CN1[C@@H]1O[C@H](COP(=O)(O)OC2(C(=O)O)CC(O)C(CC(=O)CNCC)C(C(O)[C@H](O)CO)O2)[C@H](O)C1O. The Bertz CT molecular complexity index is 1170. The molecule has 0 aromatic rings. The van der Waals surface area contributed by atoms with E-state index in [0.29, 0.717) is 6.54 Å². The molecule has 3 rings (SSSR count). The Morgan fingerprint density at radius 2 is 2.00 bits per heavy atom. The Morgan fingerprint density at radius 3 is 2.59 bits per heavy atom. The van der Waals surface area contributed by atoms with Crippen molar-refractivity contribution in [2.45, 2.75) is 74.5 Å². The van der Waals surface area contributed by atoms with Gasteiger partial charge in [0.25, 0.3) is 5.79 Å². The third kappa shape index (κ3) is 8.26. The molecule has 0 radical (unpaired) electrons. The summed E-state index contributed by atoms with van der Waals surface area (Å²) in [6.45, 7) is 3.75. The van der Waals surface area contributed by atoms with Crippen molar-refractivity contribution in [2.24, 2.45) is 16.6 Å². The van der Waals surface area contributed by atoms with Gasteiger partial charge in [0.2, 0.25) is 0 Å². The molecule has 0 bridgehead atoms. The molecule has 19 nitrogen and oxygen atoms in total. The molecule has 3 aliphatic rings. The highest BCUT2D eigenvalue weighted by Crippen LogP contribution is 2.52. The lowest BCUT2D eigenvalue weighted by Gasteiger charge is -2.46. The smallest absolute Gasteiger partial charge is 0.475 e. The fourth-order valence-electron chi connectivity index (χ4n) is 4.93. The summed E-state index contributed by atoms with van der Waals surface area (Å²) in [5.41, 5.74) is 5.59. The highest BCUT2D eigenvalue weighted by molar-refractivity contribution is 7.47. The number of carboxylic acids is 1. The number of aliphatic carboxylic acids is 1. The Hall–Kier alpha value is -2.36. The summed E-state index contributed by atoms with van der Waals surface area (Å²) in [7, 11) is -5.47. The van der Waals surface area contributed by atoms with Crippen LogP contribution in [-0.2, 0) is 32.7 Å². The van der Waals surface area contributed by atoms with Crippen LogP contribution >= 0.6 is 7.82 Å². The van der Waals surface area contributed by atoms with Crippen molar-refractivity contribution >= 4 is 25.4 Å². The van der Waals surface area contributed by atoms with E-state index in [4.69, 9.17) is 24.3 Å². The molecule has 0 aromatic heterocycles. The number of hydrogen-bond acceptors (Lipinski definition) is 17. The molecule has 3 heterocycles. The maximum atomic E-state index is 13.0. The van der Waals surface area contributed by atoms with Crippen molar-refractivity contribution in [1.82, 2.24) is 10.2 Å². The number of amidine groups is 1. The molecule has 7 unspecified atom stereocenters. The van der Waals surface area contributed by atoms with E-state index >= 15 is 0 Å². The summed E-state index contributed by atoms with van der Waals surface area (Å²) in [6.07, 6.45) is -12.4. The first kappa shape index (κ1) is 36.1. The minimum Gasteiger partial charge on any atom is -0.477 e. The van der Waals surface area contributed by atoms with Gasteiger partial charge in [-0.3, -0.25) is 9.32 Å². The van der Waals surface area contributed by atoms with Crippen LogP contribution in [0.15, 0.2) is 29.7 Å². The third-order valence-electron chi connectivity index (χ3n) is 7.24. The summed E-state index contributed by atoms with van der Waals surface area (Å²) >= 11 is 0. The number of Topliss-reactive ketones (excluding diaryl/α,β-unsaturated/α-hetero) is 1. The van der Waals surface area contributed by atoms with Gasteiger partial charge in [0.05, 0.1) is 32.0 Å². The van der Waals surface area contributed by atoms with Crippen LogP contribution < -0.4 is 11.1 Å². The van der Waals surface area contributed by atoms with Crippen LogP contribution in [0.25, 0.3) is 0 Å². The van der Waals surface area contributed by atoms with Crippen LogP contribution in [0.1, 0.15) is 19.8 Å². The highest BCUT2D eigenvalue weighted by Gasteiger charge is 2.58. The number of aliphatic hydroxyl groups excluding tert-OH is 6. The van der Waals surface area contributed by atoms with Crippen LogP contribution in [0.2, 0.25) is 0 Å². The number of carbonyl (C=O) groups excluding carboxylic acids is 1. The number of phosphoric ester groups is 1. The fourth-order valence-corrected chi connectivity index (χ4v) is 5.89. The highest BCUT2D eigenvalue weighted by atomic mass is 31.2. The van der Waals surface area contributed by atoms with Gasteiger partial charge in [-0.15, -0.1) is 0 Å². The molecule has 0 amide bonds. The lowest BCUT2D eigenvalue weighted by molar-refractivity contribution is -0.298. The number of nitrogens with two attached hydrogens (primary N) is 1. The van der Waals surface area contributed by atoms with Gasteiger partial charge in [-0.1, -0.05) is 13.5 Å². The zero-order valence-corrected chi connectivity index (χ0v) is 24.5. The van der Waals surface area contributed by atoms with Crippen molar-refractivity contribution in [3.8, 4) is 0 Å². The molecule has 0 saturated carbocycles. The number of nitrogens with one attached hydrogen (secondary N) is 1. The van der Waals surface area contributed by atoms with Crippen LogP contribution in [0, 0.1) is 5.92 Å². The molecule has 11 atom stereocenters. The minimum atomic E-state index is -5.47. The molecule has 250 valence electrons. The third-order valence-corrected chi connectivity index (χ3v) is 8.24. The lowest BCUT2D eigenvalue weighted by Crippen LogP contribution is -2.62. The molecule has 2 fully saturated rings. The predicted octanol–water partition coefficient (Wildman–Crippen LogP) is -3.95. The Balaban J connectivity index is 1.76. The van der Waals surface area contributed by atoms with Crippen LogP contribution in [0.3, 0.4) is 0 Å². The number of nitrogens with zero attached hydrogens (tertiary/aromatic N) is 2. The van der Waals surface area contributed by atoms with E-state index < -0.39 is 106 Å². The number of carboxylic acid groups (broad SMARTS) is 1. The van der Waals surface area contributed by atoms with Gasteiger partial charge in [-0.2, -0.15) is 0 Å². The normalized spacial score (nSPS) is 35.2. The number of ether oxygens (including phenoxy) is 2. The largest absolute Gasteiger partial charge is 0.477 e. The number of aliphatic imine (C=N–C) groups is 1. The van der Waals surface area contributed by atoms with E-state index in [9.17, 15) is 54.8 Å². The van der Waals surface area contributed by atoms with Crippen LogP contribution in [-0.4, -0.2) is 144 Å². The number of aliphatic hydroxyl groups is 6. The molecule has 0 aliphatic carbocycles. The molecule has 2 saturated heterocycles. The molecule has 3 aliphatic heterocycles. The summed E-state index contributed by atoms with van der Waals surface area (Å²) in [5.74, 6) is -6.81. The van der Waals surface area contributed by atoms with Crippen molar-refractivity contribution in [2.75, 3.05) is 26.3 Å². The lowest BCUT2D eigenvalue weighted by atomic mass is 9.80. The van der Waals surface area contributed by atoms with E-state index in [1.807, 2.05) is 0 Å². The molecule has 0 aromatic carbocycles. The van der Waals surface area contributed by atoms with Gasteiger partial charge in [0.1, 0.15) is 48.0 Å². The second-order valence-corrected chi connectivity index (χ2v) is 11.8. The van der Waals surface area contributed by atoms with E-state index in [1.54, 1.807) is 6.92 Å². The molecular weight excluding hydrogens is 615 g/mol. The van der Waals surface area contributed by atoms with Gasteiger partial charge in [-0.25, -0.2) is 18.9 Å². The average molecular weight is 655 g/mol. The quantitative estimate of drug-likeness (QED) is 0.0753. The number of phosphoric acid groups is 1. The monoisotopic (exact) mass is 654 g/mol. The van der Waals surface area contributed by atoms with Gasteiger partial charge in [0.15, 0.2) is 6.23 Å². The van der Waals surface area contributed by atoms with E-state index in [0.717, 1.165) is 0 Å². The number of ketones is 1.